The van der Waals surface area contributed by atoms with E-state index in [2.05, 4.69) is 5.32 Å². The van der Waals surface area contributed by atoms with Crippen LogP contribution in [0.2, 0.25) is 0 Å². The quantitative estimate of drug-likeness (QED) is 0.880. The van der Waals surface area contributed by atoms with Gasteiger partial charge in [0.1, 0.15) is 0 Å². The Balaban J connectivity index is 1.77. The summed E-state index contributed by atoms with van der Waals surface area (Å²) in [5.41, 5.74) is 0.715. The highest BCUT2D eigenvalue weighted by Gasteiger charge is 2.51. The van der Waals surface area contributed by atoms with Crippen molar-refractivity contribution < 1.29 is 14.7 Å². The Bertz CT molecular complexity index is 499. The third kappa shape index (κ3) is 2.11. The maximum Gasteiger partial charge on any atom is 0.228 e. The number of nitrogens with one attached hydrogen (secondary N) is 1. The Morgan fingerprint density at radius 3 is 2.32 bits per heavy atom. The number of carbonyl (C=O) groups excluding carboxylic acids is 2. The van der Waals surface area contributed by atoms with Gasteiger partial charge in [0.05, 0.1) is 0 Å². The molecule has 4 nitrogen and oxygen atoms in total. The molecule has 100 valence electrons. The summed E-state index contributed by atoms with van der Waals surface area (Å²) in [5.74, 6) is -1.95. The zero-order valence-electron chi connectivity index (χ0n) is 10.5. The van der Waals surface area contributed by atoms with E-state index in [4.69, 9.17) is 0 Å². The van der Waals surface area contributed by atoms with E-state index in [-0.39, 0.29) is 17.7 Å². The smallest absolute Gasteiger partial charge is 0.228 e. The van der Waals surface area contributed by atoms with Gasteiger partial charge in [-0.2, -0.15) is 0 Å². The van der Waals surface area contributed by atoms with Crippen LogP contribution in [0.4, 0.5) is 5.69 Å². The Labute approximate surface area is 111 Å². The van der Waals surface area contributed by atoms with E-state index >= 15 is 0 Å². The van der Waals surface area contributed by atoms with Crippen molar-refractivity contribution in [1.82, 2.24) is 0 Å². The van der Waals surface area contributed by atoms with Crippen molar-refractivity contribution in [2.75, 3.05) is 5.32 Å². The number of anilines is 1. The number of amides is 1. The molecule has 1 aromatic rings. The zero-order chi connectivity index (χ0) is 13.4. The van der Waals surface area contributed by atoms with Gasteiger partial charge in [0.25, 0.3) is 0 Å². The third-order valence-corrected chi connectivity index (χ3v) is 4.53. The van der Waals surface area contributed by atoms with Gasteiger partial charge in [-0.1, -0.05) is 18.2 Å². The van der Waals surface area contributed by atoms with Crippen LogP contribution in [0, 0.1) is 23.7 Å². The van der Waals surface area contributed by atoms with Crippen LogP contribution in [-0.4, -0.2) is 11.9 Å². The summed E-state index contributed by atoms with van der Waals surface area (Å²) >= 11 is 0. The molecule has 0 unspecified atom stereocenters. The average Bonchev–Trinajstić information content (AvgIpc) is 2.99. The molecular formula is C15H16NO3-. The topological polar surface area (TPSA) is 69.2 Å². The van der Waals surface area contributed by atoms with E-state index in [1.807, 2.05) is 18.2 Å². The molecule has 2 aliphatic carbocycles. The van der Waals surface area contributed by atoms with E-state index in [0.29, 0.717) is 5.69 Å². The summed E-state index contributed by atoms with van der Waals surface area (Å²) in [4.78, 5) is 23.6. The first kappa shape index (κ1) is 12.2. The van der Waals surface area contributed by atoms with Gasteiger partial charge in [-0.15, -0.1) is 0 Å². The summed E-state index contributed by atoms with van der Waals surface area (Å²) in [6.07, 6.45) is 2.73. The van der Waals surface area contributed by atoms with E-state index in [1.165, 1.54) is 0 Å². The maximum absolute atomic E-state index is 12.3. The minimum absolute atomic E-state index is 0.126. The first-order chi connectivity index (χ1) is 9.16. The first-order valence-corrected chi connectivity index (χ1v) is 6.73. The summed E-state index contributed by atoms with van der Waals surface area (Å²) in [7, 11) is 0. The molecule has 2 bridgehead atoms. The Morgan fingerprint density at radius 1 is 1.05 bits per heavy atom. The largest absolute Gasteiger partial charge is 0.550 e. The monoisotopic (exact) mass is 258 g/mol. The predicted octanol–water partition coefficient (Wildman–Crippen LogP) is 1.04. The van der Waals surface area contributed by atoms with Gasteiger partial charge in [0.15, 0.2) is 0 Å². The number of rotatable bonds is 3. The SMILES string of the molecule is O=C([O-])[C@H]1[C@H]2CC[C@@H](C2)[C@@H]1C(=O)Nc1ccccc1. The number of hydrogen-bond acceptors (Lipinski definition) is 3. The van der Waals surface area contributed by atoms with Gasteiger partial charge in [0, 0.05) is 23.5 Å². The fraction of sp³-hybridized carbons (Fsp3) is 0.467. The lowest BCUT2D eigenvalue weighted by atomic mass is 9.78. The van der Waals surface area contributed by atoms with Crippen LogP contribution in [0.1, 0.15) is 19.3 Å². The molecule has 2 aliphatic rings. The number of benzene rings is 1. The Morgan fingerprint density at radius 2 is 1.68 bits per heavy atom. The number of carboxylic acid groups (broad SMARTS) is 1. The van der Waals surface area contributed by atoms with Crippen molar-refractivity contribution in [2.45, 2.75) is 19.3 Å². The second-order valence-electron chi connectivity index (χ2n) is 5.56. The summed E-state index contributed by atoms with van der Waals surface area (Å²) in [5, 5.41) is 14.1. The standard InChI is InChI=1S/C15H17NO3/c17-14(16-11-4-2-1-3-5-11)12-9-6-7-10(8-9)13(12)15(18)19/h1-5,9-10,12-13H,6-8H2,(H,16,17)(H,18,19)/p-1/t9-,10-,12-,13-/m0/s1. The van der Waals surface area contributed by atoms with Gasteiger partial charge in [0.2, 0.25) is 5.91 Å². The van der Waals surface area contributed by atoms with E-state index in [9.17, 15) is 14.7 Å². The number of carboxylic acids is 1. The highest BCUT2D eigenvalue weighted by Crippen LogP contribution is 2.52. The third-order valence-electron chi connectivity index (χ3n) is 4.53. The highest BCUT2D eigenvalue weighted by atomic mass is 16.4. The van der Waals surface area contributed by atoms with Crippen molar-refractivity contribution in [3.63, 3.8) is 0 Å². The van der Waals surface area contributed by atoms with Crippen LogP contribution >= 0.6 is 0 Å². The Hall–Kier alpha value is -1.84. The van der Waals surface area contributed by atoms with Crippen molar-refractivity contribution in [3.05, 3.63) is 30.3 Å². The molecule has 0 aromatic heterocycles. The lowest BCUT2D eigenvalue weighted by Crippen LogP contribution is -2.43. The van der Waals surface area contributed by atoms with Gasteiger partial charge in [-0.05, 0) is 43.2 Å². The molecule has 0 heterocycles. The molecule has 2 saturated carbocycles. The van der Waals surface area contributed by atoms with E-state index in [0.717, 1.165) is 19.3 Å². The zero-order valence-corrected chi connectivity index (χ0v) is 10.5. The molecule has 0 saturated heterocycles. The normalized spacial score (nSPS) is 32.2. The van der Waals surface area contributed by atoms with E-state index in [1.54, 1.807) is 12.1 Å². The summed E-state index contributed by atoms with van der Waals surface area (Å²) in [6.45, 7) is 0. The van der Waals surface area contributed by atoms with Crippen molar-refractivity contribution in [2.24, 2.45) is 23.7 Å². The van der Waals surface area contributed by atoms with Gasteiger partial charge in [-0.3, -0.25) is 4.79 Å². The number of para-hydroxylation sites is 1. The van der Waals surface area contributed by atoms with Crippen LogP contribution in [0.25, 0.3) is 0 Å². The number of fused-ring (bicyclic) bond motifs is 2. The van der Waals surface area contributed by atoms with Crippen LogP contribution in [0.15, 0.2) is 30.3 Å². The second kappa shape index (κ2) is 4.68. The highest BCUT2D eigenvalue weighted by molar-refractivity contribution is 5.95. The molecule has 3 rings (SSSR count). The molecule has 4 atom stereocenters. The van der Waals surface area contributed by atoms with Gasteiger partial charge >= 0.3 is 0 Å². The predicted molar refractivity (Wildman–Crippen MR) is 67.9 cm³/mol. The fourth-order valence-electron chi connectivity index (χ4n) is 3.75. The van der Waals surface area contributed by atoms with Crippen LogP contribution in [0.3, 0.4) is 0 Å². The number of aliphatic carboxylic acids is 1. The van der Waals surface area contributed by atoms with Crippen molar-refractivity contribution >= 4 is 17.6 Å². The summed E-state index contributed by atoms with van der Waals surface area (Å²) < 4.78 is 0. The average molecular weight is 258 g/mol. The molecule has 19 heavy (non-hydrogen) atoms. The first-order valence-electron chi connectivity index (χ1n) is 6.73. The molecule has 0 aliphatic heterocycles. The van der Waals surface area contributed by atoms with E-state index < -0.39 is 17.8 Å². The lowest BCUT2D eigenvalue weighted by Gasteiger charge is -2.30. The van der Waals surface area contributed by atoms with Crippen LogP contribution < -0.4 is 10.4 Å². The lowest BCUT2D eigenvalue weighted by molar-refractivity contribution is -0.314. The molecule has 0 radical (unpaired) electrons. The minimum atomic E-state index is -1.07. The van der Waals surface area contributed by atoms with Gasteiger partial charge < -0.3 is 15.2 Å². The van der Waals surface area contributed by atoms with Crippen LogP contribution in [-0.2, 0) is 9.59 Å². The molecule has 1 amide bonds. The fourth-order valence-corrected chi connectivity index (χ4v) is 3.75. The molecule has 4 heteroatoms. The van der Waals surface area contributed by atoms with Gasteiger partial charge in [-0.25, -0.2) is 0 Å². The molecule has 2 fully saturated rings. The second-order valence-corrected chi connectivity index (χ2v) is 5.56. The molecule has 1 aromatic carbocycles. The van der Waals surface area contributed by atoms with Crippen molar-refractivity contribution in [3.8, 4) is 0 Å². The Kier molecular flexibility index (Phi) is 3.01. The summed E-state index contributed by atoms with van der Waals surface area (Å²) in [6, 6.07) is 9.16. The molecular weight excluding hydrogens is 242 g/mol. The molecule has 0 spiro atoms. The number of carbonyl (C=O) groups is 2. The van der Waals surface area contributed by atoms with Crippen LogP contribution in [0.5, 0.6) is 0 Å². The maximum atomic E-state index is 12.3. The molecule has 1 N–H and O–H groups in total. The minimum Gasteiger partial charge on any atom is -0.550 e. The number of hydrogen-bond donors (Lipinski definition) is 1. The van der Waals surface area contributed by atoms with Crippen molar-refractivity contribution in [1.29, 1.82) is 0 Å².